The van der Waals surface area contributed by atoms with E-state index in [0.717, 1.165) is 34.6 Å². The third kappa shape index (κ3) is 2.35. The Morgan fingerprint density at radius 2 is 2.28 bits per heavy atom. The molecule has 0 saturated carbocycles. The quantitative estimate of drug-likeness (QED) is 0.921. The smallest absolute Gasteiger partial charge is 0.153 e. The van der Waals surface area contributed by atoms with Crippen molar-refractivity contribution in [2.24, 2.45) is 7.05 Å². The van der Waals surface area contributed by atoms with E-state index in [0.29, 0.717) is 0 Å². The van der Waals surface area contributed by atoms with Crippen LogP contribution in [0.2, 0.25) is 0 Å². The molecule has 2 heterocycles. The first-order chi connectivity index (χ1) is 8.69. The van der Waals surface area contributed by atoms with E-state index in [4.69, 9.17) is 4.42 Å². The first kappa shape index (κ1) is 13.3. The van der Waals surface area contributed by atoms with Gasteiger partial charge in [0.1, 0.15) is 5.76 Å². The molecule has 98 valence electrons. The minimum absolute atomic E-state index is 0.0399. The van der Waals surface area contributed by atoms with Gasteiger partial charge in [0.15, 0.2) is 4.60 Å². The van der Waals surface area contributed by atoms with Crippen LogP contribution >= 0.6 is 15.9 Å². The van der Waals surface area contributed by atoms with E-state index in [1.807, 2.05) is 13.1 Å². The second-order valence-electron chi connectivity index (χ2n) is 4.03. The average molecular weight is 313 g/mol. The monoisotopic (exact) mass is 312 g/mol. The molecule has 1 atom stereocenters. The molecule has 0 aliphatic heterocycles. The molecular formula is C12H17BrN4O. The number of nitrogens with one attached hydrogen (secondary N) is 1. The predicted octanol–water partition coefficient (Wildman–Crippen LogP) is 2.43. The highest BCUT2D eigenvalue weighted by Gasteiger charge is 2.24. The molecule has 2 rings (SSSR count). The number of halogens is 1. The second-order valence-corrected chi connectivity index (χ2v) is 4.78. The topological polar surface area (TPSA) is 55.9 Å². The molecule has 0 aliphatic carbocycles. The molecule has 0 fully saturated rings. The fourth-order valence-electron chi connectivity index (χ4n) is 2.10. The summed E-state index contributed by atoms with van der Waals surface area (Å²) in [5, 5.41) is 11.5. The van der Waals surface area contributed by atoms with E-state index in [2.05, 4.69) is 45.4 Å². The Morgan fingerprint density at radius 3 is 2.83 bits per heavy atom. The molecule has 1 N–H and O–H groups in total. The normalized spacial score (nSPS) is 12.9. The fraction of sp³-hybridized carbons (Fsp3) is 0.500. The molecule has 0 aromatic carbocycles. The Hall–Kier alpha value is -1.14. The van der Waals surface area contributed by atoms with Crippen LogP contribution in [0.5, 0.6) is 0 Å². The van der Waals surface area contributed by atoms with E-state index in [9.17, 15) is 0 Å². The Balaban J connectivity index is 2.46. The van der Waals surface area contributed by atoms with Crippen LogP contribution < -0.4 is 5.32 Å². The van der Waals surface area contributed by atoms with Gasteiger partial charge < -0.3 is 9.73 Å². The van der Waals surface area contributed by atoms with Gasteiger partial charge in [-0.2, -0.15) is 0 Å². The summed E-state index contributed by atoms with van der Waals surface area (Å²) in [6.45, 7) is 5.02. The van der Waals surface area contributed by atoms with Crippen LogP contribution in [0.3, 0.4) is 0 Å². The highest BCUT2D eigenvalue weighted by molar-refractivity contribution is 9.10. The molecule has 1 unspecified atom stereocenters. The van der Waals surface area contributed by atoms with Crippen molar-refractivity contribution in [1.29, 1.82) is 0 Å². The number of nitrogens with zero attached hydrogens (tertiary/aromatic N) is 3. The average Bonchev–Trinajstić information content (AvgIpc) is 2.94. The maximum atomic E-state index is 5.51. The van der Waals surface area contributed by atoms with Gasteiger partial charge in [0, 0.05) is 19.0 Å². The largest absolute Gasteiger partial charge is 0.469 e. The van der Waals surface area contributed by atoms with Gasteiger partial charge in [-0.1, -0.05) is 19.1 Å². The molecule has 2 aromatic heterocycles. The van der Waals surface area contributed by atoms with Crippen LogP contribution in [-0.4, -0.2) is 21.5 Å². The zero-order valence-electron chi connectivity index (χ0n) is 10.8. The van der Waals surface area contributed by atoms with Crippen molar-refractivity contribution in [2.75, 3.05) is 6.54 Å². The number of furan rings is 1. The van der Waals surface area contributed by atoms with Gasteiger partial charge in [-0.25, -0.2) is 4.68 Å². The molecular weight excluding hydrogens is 296 g/mol. The standard InChI is InChI=1S/C12H17BrN4O/c1-4-9-8(6-7-18-9)10(14-5-2)11-12(13)15-16-17(11)3/h6-7,10,14H,4-5H2,1-3H3. The van der Waals surface area contributed by atoms with Gasteiger partial charge in [-0.3, -0.25) is 0 Å². The minimum atomic E-state index is 0.0399. The van der Waals surface area contributed by atoms with Crippen molar-refractivity contribution < 1.29 is 4.42 Å². The molecule has 0 aliphatic rings. The van der Waals surface area contributed by atoms with Crippen molar-refractivity contribution >= 4 is 15.9 Å². The number of aromatic nitrogens is 3. The molecule has 0 bridgehead atoms. The Kier molecular flexibility index (Phi) is 4.19. The number of hydrogen-bond donors (Lipinski definition) is 1. The van der Waals surface area contributed by atoms with E-state index in [1.165, 1.54) is 0 Å². The lowest BCUT2D eigenvalue weighted by Crippen LogP contribution is -2.25. The highest BCUT2D eigenvalue weighted by atomic mass is 79.9. The van der Waals surface area contributed by atoms with Crippen molar-refractivity contribution in [1.82, 2.24) is 20.3 Å². The van der Waals surface area contributed by atoms with Crippen LogP contribution in [0.25, 0.3) is 0 Å². The summed E-state index contributed by atoms with van der Waals surface area (Å²) in [7, 11) is 1.89. The molecule has 6 heteroatoms. The van der Waals surface area contributed by atoms with E-state index in [1.54, 1.807) is 10.9 Å². The number of hydrogen-bond acceptors (Lipinski definition) is 4. The maximum Gasteiger partial charge on any atom is 0.153 e. The van der Waals surface area contributed by atoms with E-state index in [-0.39, 0.29) is 6.04 Å². The van der Waals surface area contributed by atoms with Gasteiger partial charge in [0.25, 0.3) is 0 Å². The first-order valence-electron chi connectivity index (χ1n) is 6.03. The van der Waals surface area contributed by atoms with Crippen LogP contribution in [0.4, 0.5) is 0 Å². The molecule has 0 amide bonds. The summed E-state index contributed by atoms with van der Waals surface area (Å²) < 4.78 is 8.06. The van der Waals surface area contributed by atoms with Gasteiger partial charge >= 0.3 is 0 Å². The fourth-order valence-corrected chi connectivity index (χ4v) is 2.65. The summed E-state index contributed by atoms with van der Waals surface area (Å²) in [6, 6.07) is 2.05. The lowest BCUT2D eigenvalue weighted by Gasteiger charge is -2.18. The SMILES string of the molecule is CCNC(c1ccoc1CC)c1c(Br)nnn1C. The molecule has 0 spiro atoms. The number of aryl methyl sites for hydroxylation is 2. The molecule has 0 saturated heterocycles. The minimum Gasteiger partial charge on any atom is -0.469 e. The summed E-state index contributed by atoms with van der Waals surface area (Å²) in [6.07, 6.45) is 2.60. The zero-order valence-corrected chi connectivity index (χ0v) is 12.4. The van der Waals surface area contributed by atoms with Crippen molar-refractivity contribution in [2.45, 2.75) is 26.3 Å². The summed E-state index contributed by atoms with van der Waals surface area (Å²) in [5.74, 6) is 0.994. The van der Waals surface area contributed by atoms with Crippen molar-refractivity contribution in [3.8, 4) is 0 Å². The molecule has 0 radical (unpaired) electrons. The van der Waals surface area contributed by atoms with Crippen molar-refractivity contribution in [3.63, 3.8) is 0 Å². The Labute approximate surface area is 115 Å². The van der Waals surface area contributed by atoms with Crippen LogP contribution in [0.15, 0.2) is 21.3 Å². The third-order valence-electron chi connectivity index (χ3n) is 2.92. The van der Waals surface area contributed by atoms with E-state index < -0.39 is 0 Å². The Bertz CT molecular complexity index is 500. The van der Waals surface area contributed by atoms with Crippen LogP contribution in [0, 0.1) is 0 Å². The molecule has 2 aromatic rings. The zero-order chi connectivity index (χ0) is 13.1. The van der Waals surface area contributed by atoms with Crippen molar-refractivity contribution in [3.05, 3.63) is 34.0 Å². The lowest BCUT2D eigenvalue weighted by molar-refractivity contribution is 0.496. The molecule has 5 nitrogen and oxygen atoms in total. The Morgan fingerprint density at radius 1 is 1.50 bits per heavy atom. The van der Waals surface area contributed by atoms with Crippen LogP contribution in [0.1, 0.15) is 36.9 Å². The van der Waals surface area contributed by atoms with Gasteiger partial charge in [-0.05, 0) is 28.5 Å². The van der Waals surface area contributed by atoms with Gasteiger partial charge in [0.05, 0.1) is 18.0 Å². The molecule has 18 heavy (non-hydrogen) atoms. The first-order valence-corrected chi connectivity index (χ1v) is 6.83. The second kappa shape index (κ2) is 5.67. The lowest BCUT2D eigenvalue weighted by atomic mass is 10.0. The summed E-state index contributed by atoms with van der Waals surface area (Å²) >= 11 is 3.45. The number of rotatable bonds is 5. The summed E-state index contributed by atoms with van der Waals surface area (Å²) in [4.78, 5) is 0. The predicted molar refractivity (Wildman–Crippen MR) is 72.3 cm³/mol. The van der Waals surface area contributed by atoms with Gasteiger partial charge in [0.2, 0.25) is 0 Å². The highest BCUT2D eigenvalue weighted by Crippen LogP contribution is 2.29. The van der Waals surface area contributed by atoms with Crippen LogP contribution in [-0.2, 0) is 13.5 Å². The van der Waals surface area contributed by atoms with Gasteiger partial charge in [-0.15, -0.1) is 5.10 Å². The third-order valence-corrected chi connectivity index (χ3v) is 3.49. The summed E-state index contributed by atoms with van der Waals surface area (Å²) in [5.41, 5.74) is 2.15. The van der Waals surface area contributed by atoms with E-state index >= 15 is 0 Å². The maximum absolute atomic E-state index is 5.51.